The molecule has 0 bridgehead atoms. The number of aliphatic hydroxyl groups excluding tert-OH is 2. The van der Waals surface area contributed by atoms with Gasteiger partial charge in [0, 0.05) is 12.8 Å². The molecule has 0 rings (SSSR count). The zero-order valence-electron chi connectivity index (χ0n) is 32.8. The first-order chi connectivity index (χ1) is 25.2. The second kappa shape index (κ2) is 37.5. The van der Waals surface area contributed by atoms with Crippen molar-refractivity contribution in [2.24, 2.45) is 0 Å². The third kappa shape index (κ3) is 36.5. The molecule has 0 spiro atoms. The van der Waals surface area contributed by atoms with E-state index in [1.807, 2.05) is 6.08 Å². The number of phosphoric ester groups is 1. The molecule has 3 N–H and O–H groups in total. The molecule has 0 aromatic carbocycles. The number of rotatable bonds is 38. The van der Waals surface area contributed by atoms with Gasteiger partial charge in [0.2, 0.25) is 0 Å². The minimum absolute atomic E-state index is 0.165. The van der Waals surface area contributed by atoms with Gasteiger partial charge in [0.15, 0.2) is 6.10 Å². The van der Waals surface area contributed by atoms with Crippen LogP contribution in [-0.4, -0.2) is 65.7 Å². The lowest BCUT2D eigenvalue weighted by atomic mass is 10.1. The fraction of sp³-hybridized carbons (Fsp3) is 0.805. The van der Waals surface area contributed by atoms with E-state index in [1.54, 1.807) is 0 Å². The Bertz CT molecular complexity index is 967. The molecule has 304 valence electrons. The number of allylic oxidation sites excluding steroid dienone is 6. The molecular weight excluding hydrogens is 683 g/mol. The van der Waals surface area contributed by atoms with Crippen LogP contribution in [-0.2, 0) is 32.7 Å². The van der Waals surface area contributed by atoms with E-state index in [0.29, 0.717) is 12.8 Å². The van der Waals surface area contributed by atoms with E-state index < -0.39 is 51.8 Å². The van der Waals surface area contributed by atoms with Crippen molar-refractivity contribution in [2.75, 3.05) is 26.4 Å². The predicted molar refractivity (Wildman–Crippen MR) is 210 cm³/mol. The standard InChI is InChI=1S/C41H75O10P/c1-3-5-7-9-11-13-15-17-18-19-20-21-23-24-26-28-30-32-40(44)48-36-39(37-50-52(46,47)49-35-38(43)34-42)51-41(45)33-31-29-27-25-22-16-14-12-10-8-6-4-2/h12,14,20-21,24,26,38-39,42-43H,3-11,13,15-19,22-23,25,27-37H2,1-2H3,(H,46,47)/b14-12+,21-20+,26-24+/t38-,39+/m1/s1. The number of hydrogen-bond donors (Lipinski definition) is 3. The second-order valence-corrected chi connectivity index (χ2v) is 15.1. The van der Waals surface area contributed by atoms with Crippen molar-refractivity contribution in [3.63, 3.8) is 0 Å². The number of carbonyl (C=O) groups is 2. The maximum absolute atomic E-state index is 12.5. The summed E-state index contributed by atoms with van der Waals surface area (Å²) in [6.07, 6.45) is 37.0. The summed E-state index contributed by atoms with van der Waals surface area (Å²) in [5.74, 6) is -0.989. The van der Waals surface area contributed by atoms with Crippen LogP contribution < -0.4 is 0 Å². The summed E-state index contributed by atoms with van der Waals surface area (Å²) in [6, 6.07) is 0. The summed E-state index contributed by atoms with van der Waals surface area (Å²) in [4.78, 5) is 34.8. The van der Waals surface area contributed by atoms with Crippen LogP contribution in [0.5, 0.6) is 0 Å². The van der Waals surface area contributed by atoms with Gasteiger partial charge in [0.25, 0.3) is 0 Å². The molecule has 3 atom stereocenters. The molecule has 11 heteroatoms. The summed E-state index contributed by atoms with van der Waals surface area (Å²) >= 11 is 0. The molecule has 0 amide bonds. The first-order valence-corrected chi connectivity index (χ1v) is 21.9. The van der Waals surface area contributed by atoms with Gasteiger partial charge < -0.3 is 24.6 Å². The highest BCUT2D eigenvalue weighted by Crippen LogP contribution is 2.43. The zero-order valence-corrected chi connectivity index (χ0v) is 33.7. The van der Waals surface area contributed by atoms with Crippen LogP contribution in [0, 0.1) is 0 Å². The van der Waals surface area contributed by atoms with E-state index in [9.17, 15) is 24.2 Å². The van der Waals surface area contributed by atoms with Gasteiger partial charge in [-0.15, -0.1) is 0 Å². The molecule has 1 unspecified atom stereocenters. The van der Waals surface area contributed by atoms with Crippen molar-refractivity contribution in [3.05, 3.63) is 36.5 Å². The third-order valence-electron chi connectivity index (χ3n) is 8.52. The van der Waals surface area contributed by atoms with Crippen molar-refractivity contribution < 1.29 is 47.8 Å². The first-order valence-electron chi connectivity index (χ1n) is 20.4. The fourth-order valence-electron chi connectivity index (χ4n) is 5.32. The predicted octanol–water partition coefficient (Wildman–Crippen LogP) is 10.4. The molecule has 0 radical (unpaired) electrons. The summed E-state index contributed by atoms with van der Waals surface area (Å²) in [5, 5.41) is 18.3. The van der Waals surface area contributed by atoms with Gasteiger partial charge in [-0.2, -0.15) is 0 Å². The average Bonchev–Trinajstić information content (AvgIpc) is 3.13. The van der Waals surface area contributed by atoms with Crippen LogP contribution in [0.3, 0.4) is 0 Å². The minimum atomic E-state index is -4.62. The minimum Gasteiger partial charge on any atom is -0.462 e. The smallest absolute Gasteiger partial charge is 0.462 e. The number of aliphatic hydroxyl groups is 2. The molecule has 0 aliphatic heterocycles. The summed E-state index contributed by atoms with van der Waals surface area (Å²) in [7, 11) is -4.62. The molecule has 0 aliphatic rings. The van der Waals surface area contributed by atoms with Crippen LogP contribution in [0.15, 0.2) is 36.5 Å². The lowest BCUT2D eigenvalue weighted by Gasteiger charge is -2.20. The van der Waals surface area contributed by atoms with Gasteiger partial charge in [-0.1, -0.05) is 134 Å². The number of ether oxygens (including phenoxy) is 2. The van der Waals surface area contributed by atoms with Gasteiger partial charge in [-0.3, -0.25) is 18.6 Å². The first kappa shape index (κ1) is 50.2. The molecule has 0 heterocycles. The molecule has 0 saturated carbocycles. The number of phosphoric acid groups is 1. The molecule has 52 heavy (non-hydrogen) atoms. The largest absolute Gasteiger partial charge is 0.472 e. The maximum Gasteiger partial charge on any atom is 0.472 e. The van der Waals surface area contributed by atoms with E-state index in [2.05, 4.69) is 48.8 Å². The number of esters is 2. The van der Waals surface area contributed by atoms with E-state index >= 15 is 0 Å². The van der Waals surface area contributed by atoms with Crippen LogP contribution in [0.2, 0.25) is 0 Å². The van der Waals surface area contributed by atoms with Gasteiger partial charge in [0.1, 0.15) is 12.7 Å². The quantitative estimate of drug-likeness (QED) is 0.0240. The molecule has 0 aromatic heterocycles. The number of hydrogen-bond acceptors (Lipinski definition) is 9. The SMILES string of the molecule is CCCCC/C=C/CCCCCCCC(=O)O[C@@H](COC(=O)CCC/C=C/C/C=C/CCCCCCCCCCC)COP(=O)(O)OC[C@H](O)CO. The lowest BCUT2D eigenvalue weighted by molar-refractivity contribution is -0.161. The highest BCUT2D eigenvalue weighted by Gasteiger charge is 2.27. The summed E-state index contributed by atoms with van der Waals surface area (Å²) < 4.78 is 32.6. The van der Waals surface area contributed by atoms with Gasteiger partial charge in [0.05, 0.1) is 19.8 Å². The highest BCUT2D eigenvalue weighted by molar-refractivity contribution is 7.47. The fourth-order valence-corrected chi connectivity index (χ4v) is 6.11. The Hall–Kier alpha value is -1.81. The average molecular weight is 759 g/mol. The number of unbranched alkanes of at least 4 members (excludes halogenated alkanes) is 18. The van der Waals surface area contributed by atoms with E-state index in [-0.39, 0.29) is 19.4 Å². The molecule has 10 nitrogen and oxygen atoms in total. The molecule has 0 aliphatic carbocycles. The third-order valence-corrected chi connectivity index (χ3v) is 9.47. The van der Waals surface area contributed by atoms with Crippen molar-refractivity contribution in [2.45, 2.75) is 187 Å². The normalized spacial score (nSPS) is 14.3. The Morgan fingerprint density at radius 3 is 1.60 bits per heavy atom. The Morgan fingerprint density at radius 2 is 1.02 bits per heavy atom. The molecule has 0 aromatic rings. The maximum atomic E-state index is 12.5. The lowest BCUT2D eigenvalue weighted by Crippen LogP contribution is -2.29. The van der Waals surface area contributed by atoms with Crippen molar-refractivity contribution in [1.82, 2.24) is 0 Å². The Labute approximate surface area is 316 Å². The van der Waals surface area contributed by atoms with E-state index in [4.69, 9.17) is 19.1 Å². The topological polar surface area (TPSA) is 149 Å². The molecule has 0 saturated heterocycles. The van der Waals surface area contributed by atoms with Crippen LogP contribution in [0.1, 0.15) is 174 Å². The van der Waals surface area contributed by atoms with Gasteiger partial charge in [-0.25, -0.2) is 4.57 Å². The summed E-state index contributed by atoms with van der Waals surface area (Å²) in [6.45, 7) is 2.29. The van der Waals surface area contributed by atoms with Crippen molar-refractivity contribution in [3.8, 4) is 0 Å². The number of carbonyl (C=O) groups excluding carboxylic acids is 2. The monoisotopic (exact) mass is 759 g/mol. The van der Waals surface area contributed by atoms with Crippen LogP contribution in [0.25, 0.3) is 0 Å². The van der Waals surface area contributed by atoms with Gasteiger partial charge >= 0.3 is 19.8 Å². The Balaban J connectivity index is 4.39. The Morgan fingerprint density at radius 1 is 0.577 bits per heavy atom. The summed E-state index contributed by atoms with van der Waals surface area (Å²) in [5.41, 5.74) is 0. The van der Waals surface area contributed by atoms with Crippen LogP contribution in [0.4, 0.5) is 0 Å². The van der Waals surface area contributed by atoms with Crippen LogP contribution >= 0.6 is 7.82 Å². The molecule has 0 fully saturated rings. The van der Waals surface area contributed by atoms with E-state index in [1.165, 1.54) is 77.0 Å². The van der Waals surface area contributed by atoms with E-state index in [0.717, 1.165) is 57.8 Å². The van der Waals surface area contributed by atoms with Crippen molar-refractivity contribution in [1.29, 1.82) is 0 Å². The van der Waals surface area contributed by atoms with Crippen molar-refractivity contribution >= 4 is 19.8 Å². The highest BCUT2D eigenvalue weighted by atomic mass is 31.2. The second-order valence-electron chi connectivity index (χ2n) is 13.7. The molecular formula is C41H75O10P. The Kier molecular flexibility index (Phi) is 36.2. The van der Waals surface area contributed by atoms with Gasteiger partial charge in [-0.05, 0) is 64.2 Å². The zero-order chi connectivity index (χ0) is 38.4.